The zero-order valence-electron chi connectivity index (χ0n) is 17.0. The van der Waals surface area contributed by atoms with Crippen molar-refractivity contribution < 1.29 is 31.8 Å². The Kier molecular flexibility index (Phi) is 6.00. The highest BCUT2D eigenvalue weighted by Gasteiger charge is 2.22. The topological polar surface area (TPSA) is 164 Å². The second kappa shape index (κ2) is 8.26. The number of carboxylic acids is 1. The minimum Gasteiger partial charge on any atom is -0.505 e. The van der Waals surface area contributed by atoms with E-state index in [0.717, 1.165) is 0 Å². The highest BCUT2D eigenvalue weighted by Crippen LogP contribution is 2.35. The molecule has 0 radical (unpaired) electrons. The zero-order valence-corrected chi connectivity index (χ0v) is 18.7. The van der Waals surface area contributed by atoms with Crippen LogP contribution >= 0.6 is 0 Å². The van der Waals surface area contributed by atoms with Crippen LogP contribution < -0.4 is 9.86 Å². The molecule has 32 heavy (non-hydrogen) atoms. The number of carboxylic acid groups (broad SMARTS) is 1. The van der Waals surface area contributed by atoms with Crippen LogP contribution in [-0.2, 0) is 20.0 Å². The first kappa shape index (κ1) is 23.3. The van der Waals surface area contributed by atoms with Crippen molar-refractivity contribution in [2.45, 2.75) is 23.6 Å². The predicted octanol–water partition coefficient (Wildman–Crippen LogP) is 2.82. The Labute approximate surface area is 185 Å². The number of primary sulfonamides is 1. The molecule has 9 nitrogen and oxygen atoms in total. The van der Waals surface area contributed by atoms with Crippen molar-refractivity contribution in [3.05, 3.63) is 71.3 Å². The van der Waals surface area contributed by atoms with Gasteiger partial charge in [-0.3, -0.25) is 4.72 Å². The average Bonchev–Trinajstić information content (AvgIpc) is 2.73. The molecule has 0 aliphatic carbocycles. The summed E-state index contributed by atoms with van der Waals surface area (Å²) in [6, 6.07) is 12.9. The van der Waals surface area contributed by atoms with Gasteiger partial charge in [0.25, 0.3) is 10.0 Å². The second-order valence-electron chi connectivity index (χ2n) is 7.09. The van der Waals surface area contributed by atoms with E-state index in [1.165, 1.54) is 44.2 Å². The summed E-state index contributed by atoms with van der Waals surface area (Å²) in [5, 5.41) is 24.6. The second-order valence-corrected chi connectivity index (χ2v) is 10.3. The summed E-state index contributed by atoms with van der Waals surface area (Å²) in [4.78, 5) is 11.2. The van der Waals surface area contributed by atoms with Crippen LogP contribution in [0, 0.1) is 13.8 Å². The van der Waals surface area contributed by atoms with Gasteiger partial charge in [-0.2, -0.15) is 0 Å². The lowest BCUT2D eigenvalue weighted by molar-refractivity contribution is 0.0695. The number of hydrogen-bond donors (Lipinski definition) is 4. The van der Waals surface area contributed by atoms with Crippen LogP contribution in [0.5, 0.6) is 5.75 Å². The Hall–Kier alpha value is -3.41. The molecule has 5 N–H and O–H groups in total. The average molecular weight is 477 g/mol. The predicted molar refractivity (Wildman–Crippen MR) is 119 cm³/mol. The van der Waals surface area contributed by atoms with Gasteiger partial charge in [0.05, 0.1) is 21.0 Å². The first-order valence-corrected chi connectivity index (χ1v) is 12.2. The van der Waals surface area contributed by atoms with Crippen LogP contribution in [0.15, 0.2) is 64.4 Å². The largest absolute Gasteiger partial charge is 0.505 e. The number of nitrogens with two attached hydrogens (primary N) is 1. The molecule has 0 spiro atoms. The molecule has 0 aliphatic heterocycles. The molecule has 3 aromatic carbocycles. The monoisotopic (exact) mass is 476 g/mol. The molecule has 0 heterocycles. The van der Waals surface area contributed by atoms with Gasteiger partial charge < -0.3 is 10.2 Å². The molecule has 0 unspecified atom stereocenters. The number of benzene rings is 3. The quantitative estimate of drug-likeness (QED) is 0.397. The standard InChI is InChI=1S/C21H20N2O7S2/c1-12-11-18(21(25)26)13(2)20(24)19(12)23-32(29,30)17-9-5-15(6-10-17)14-3-7-16(8-4-14)31(22,27)28/h3-11,23-24H,1-2H3,(H,25,26)(H2,22,27,28). The smallest absolute Gasteiger partial charge is 0.336 e. The summed E-state index contributed by atoms with van der Waals surface area (Å²) in [6.45, 7) is 2.86. The summed E-state index contributed by atoms with van der Waals surface area (Å²) >= 11 is 0. The number of anilines is 1. The number of aromatic hydroxyl groups is 1. The lowest BCUT2D eigenvalue weighted by atomic mass is 10.0. The molecule has 0 amide bonds. The number of phenols is 1. The third-order valence-electron chi connectivity index (χ3n) is 4.90. The fourth-order valence-electron chi connectivity index (χ4n) is 3.11. The van der Waals surface area contributed by atoms with Gasteiger partial charge in [0.1, 0.15) is 5.75 Å². The van der Waals surface area contributed by atoms with E-state index >= 15 is 0 Å². The van der Waals surface area contributed by atoms with Crippen molar-refractivity contribution in [3.8, 4) is 16.9 Å². The Morgan fingerprint density at radius 3 is 1.78 bits per heavy atom. The number of phenolic OH excluding ortho intramolecular Hbond substituents is 1. The van der Waals surface area contributed by atoms with Crippen LogP contribution in [0.3, 0.4) is 0 Å². The maximum absolute atomic E-state index is 12.8. The molecule has 0 bridgehead atoms. The molecule has 3 aromatic rings. The number of rotatable bonds is 6. The van der Waals surface area contributed by atoms with Crippen molar-refractivity contribution in [1.29, 1.82) is 0 Å². The van der Waals surface area contributed by atoms with Crippen LogP contribution in [0.25, 0.3) is 11.1 Å². The molecule has 0 saturated carbocycles. The third-order valence-corrected chi connectivity index (χ3v) is 7.19. The molecule has 168 valence electrons. The van der Waals surface area contributed by atoms with Gasteiger partial charge in [-0.15, -0.1) is 0 Å². The van der Waals surface area contributed by atoms with Crippen LogP contribution in [-0.4, -0.2) is 33.0 Å². The van der Waals surface area contributed by atoms with Crippen LogP contribution in [0.1, 0.15) is 21.5 Å². The summed E-state index contributed by atoms with van der Waals surface area (Å²) in [5.74, 6) is -1.69. The number of aryl methyl sites for hydroxylation is 1. The maximum atomic E-state index is 12.8. The normalized spacial score (nSPS) is 11.8. The van der Waals surface area contributed by atoms with Crippen molar-refractivity contribution in [2.75, 3.05) is 4.72 Å². The molecular weight excluding hydrogens is 456 g/mol. The molecule has 0 aromatic heterocycles. The van der Waals surface area contributed by atoms with Crippen molar-refractivity contribution in [3.63, 3.8) is 0 Å². The van der Waals surface area contributed by atoms with Crippen LogP contribution in [0.2, 0.25) is 0 Å². The third kappa shape index (κ3) is 4.59. The van der Waals surface area contributed by atoms with Gasteiger partial charge in [-0.25, -0.2) is 26.8 Å². The van der Waals surface area contributed by atoms with E-state index in [1.807, 2.05) is 0 Å². The first-order chi connectivity index (χ1) is 14.8. The minimum atomic E-state index is -4.09. The van der Waals surface area contributed by atoms with Gasteiger partial charge >= 0.3 is 5.97 Å². The fourth-order valence-corrected chi connectivity index (χ4v) is 4.76. The highest BCUT2D eigenvalue weighted by atomic mass is 32.2. The Morgan fingerprint density at radius 2 is 1.34 bits per heavy atom. The van der Waals surface area contributed by atoms with E-state index in [1.54, 1.807) is 24.3 Å². The zero-order chi connectivity index (χ0) is 23.8. The summed E-state index contributed by atoms with van der Waals surface area (Å²) in [7, 11) is -7.90. The minimum absolute atomic E-state index is 0.0379. The molecule has 11 heteroatoms. The molecular formula is C21H20N2O7S2. The van der Waals surface area contributed by atoms with E-state index in [9.17, 15) is 31.8 Å². The number of nitrogens with one attached hydrogen (secondary N) is 1. The lowest BCUT2D eigenvalue weighted by Crippen LogP contribution is -2.15. The molecule has 3 rings (SSSR count). The van der Waals surface area contributed by atoms with Gasteiger partial charge in [-0.05, 0) is 60.9 Å². The summed E-state index contributed by atoms with van der Waals surface area (Å²) in [6.07, 6.45) is 0. The van der Waals surface area contributed by atoms with E-state index < -0.39 is 31.8 Å². The SMILES string of the molecule is Cc1cc(C(=O)O)c(C)c(O)c1NS(=O)(=O)c1ccc(-c2ccc(S(N)(=O)=O)cc2)cc1. The summed E-state index contributed by atoms with van der Waals surface area (Å²) in [5.41, 5.74) is 1.36. The van der Waals surface area contributed by atoms with Crippen molar-refractivity contribution in [1.82, 2.24) is 0 Å². The Balaban J connectivity index is 1.91. The van der Waals surface area contributed by atoms with E-state index in [0.29, 0.717) is 11.1 Å². The highest BCUT2D eigenvalue weighted by molar-refractivity contribution is 7.92. The molecule has 0 fully saturated rings. The van der Waals surface area contributed by atoms with E-state index in [2.05, 4.69) is 4.72 Å². The maximum Gasteiger partial charge on any atom is 0.336 e. The molecule has 0 saturated heterocycles. The fraction of sp³-hybridized carbons (Fsp3) is 0.0952. The van der Waals surface area contributed by atoms with Gasteiger partial charge in [0.15, 0.2) is 0 Å². The van der Waals surface area contributed by atoms with Crippen molar-refractivity contribution >= 4 is 31.7 Å². The number of aromatic carboxylic acids is 1. The van der Waals surface area contributed by atoms with E-state index in [4.69, 9.17) is 5.14 Å². The van der Waals surface area contributed by atoms with Gasteiger partial charge in [-0.1, -0.05) is 24.3 Å². The number of hydrogen-bond acceptors (Lipinski definition) is 6. The first-order valence-electron chi connectivity index (χ1n) is 9.14. The Bertz CT molecular complexity index is 1410. The van der Waals surface area contributed by atoms with Gasteiger partial charge in [0.2, 0.25) is 10.0 Å². The van der Waals surface area contributed by atoms with Crippen LogP contribution in [0.4, 0.5) is 5.69 Å². The van der Waals surface area contributed by atoms with Crippen molar-refractivity contribution in [2.24, 2.45) is 5.14 Å². The Morgan fingerprint density at radius 1 is 0.875 bits per heavy atom. The number of sulfonamides is 2. The number of carbonyl (C=O) groups is 1. The van der Waals surface area contributed by atoms with Gasteiger partial charge in [0, 0.05) is 5.56 Å². The lowest BCUT2D eigenvalue weighted by Gasteiger charge is -2.15. The molecule has 0 aliphatic rings. The molecule has 0 atom stereocenters. The van der Waals surface area contributed by atoms with E-state index in [-0.39, 0.29) is 32.2 Å². The summed E-state index contributed by atoms with van der Waals surface area (Å²) < 4.78 is 50.7.